The smallest absolute Gasteiger partial charge is 0.115 e. The predicted molar refractivity (Wildman–Crippen MR) is 78.7 cm³/mol. The van der Waals surface area contributed by atoms with E-state index in [0.717, 1.165) is 18.8 Å². The minimum atomic E-state index is -0.0883. The lowest BCUT2D eigenvalue weighted by Crippen LogP contribution is -2.42. The second-order valence-corrected chi connectivity index (χ2v) is 7.52. The molecule has 20 heavy (non-hydrogen) atoms. The van der Waals surface area contributed by atoms with Crippen molar-refractivity contribution in [2.45, 2.75) is 57.5 Å². The number of aromatic hydroxyl groups is 1. The highest BCUT2D eigenvalue weighted by Gasteiger charge is 2.52. The average Bonchev–Trinajstić information content (AvgIpc) is 2.71. The van der Waals surface area contributed by atoms with Gasteiger partial charge in [-0.25, -0.2) is 0 Å². The summed E-state index contributed by atoms with van der Waals surface area (Å²) in [6.45, 7) is 2.32. The lowest BCUT2D eigenvalue weighted by atomic mass is 9.56. The Labute approximate surface area is 120 Å². The van der Waals surface area contributed by atoms with Crippen molar-refractivity contribution in [2.75, 3.05) is 0 Å². The van der Waals surface area contributed by atoms with Gasteiger partial charge in [0.05, 0.1) is 6.10 Å². The van der Waals surface area contributed by atoms with Gasteiger partial charge in [0, 0.05) is 0 Å². The molecule has 0 aromatic heterocycles. The summed E-state index contributed by atoms with van der Waals surface area (Å²) in [6, 6.07) is 5.96. The zero-order chi connectivity index (χ0) is 13.9. The van der Waals surface area contributed by atoms with Gasteiger partial charge in [0.25, 0.3) is 0 Å². The number of phenolic OH excluding ortho intramolecular Hbond substituents is 1. The number of aryl methyl sites for hydroxylation is 1. The van der Waals surface area contributed by atoms with Gasteiger partial charge in [0.15, 0.2) is 0 Å². The summed E-state index contributed by atoms with van der Waals surface area (Å²) >= 11 is 0. The number of benzene rings is 1. The zero-order valence-corrected chi connectivity index (χ0v) is 12.2. The number of hydrogen-bond acceptors (Lipinski definition) is 2. The molecule has 3 aliphatic rings. The van der Waals surface area contributed by atoms with E-state index in [0.29, 0.717) is 17.6 Å². The molecule has 4 rings (SSSR count). The predicted octanol–water partition coefficient (Wildman–Crippen LogP) is 3.61. The van der Waals surface area contributed by atoms with Crippen LogP contribution in [0.15, 0.2) is 18.2 Å². The summed E-state index contributed by atoms with van der Waals surface area (Å²) in [7, 11) is 0. The molecule has 2 saturated carbocycles. The number of rotatable bonds is 0. The van der Waals surface area contributed by atoms with Crippen molar-refractivity contribution in [1.29, 1.82) is 0 Å². The van der Waals surface area contributed by atoms with E-state index in [1.165, 1.54) is 36.8 Å². The first-order chi connectivity index (χ1) is 9.58. The van der Waals surface area contributed by atoms with Crippen molar-refractivity contribution in [3.05, 3.63) is 29.3 Å². The normalized spacial score (nSPS) is 42.7. The van der Waals surface area contributed by atoms with Crippen LogP contribution in [0.4, 0.5) is 0 Å². The van der Waals surface area contributed by atoms with Gasteiger partial charge in [-0.15, -0.1) is 0 Å². The van der Waals surface area contributed by atoms with Crippen LogP contribution in [0.3, 0.4) is 0 Å². The standard InChI is InChI=1S/C18H24O2/c1-18-10-12-3-2-11-8-14(19)5-6-15(11)16(12)9-13(18)4-7-17(18)20/h5-6,8,12-13,16-17,19-20H,2-4,7,9-10H2,1H3/t12-,13+,16-,17+,18+/m1/s1. The molecule has 0 saturated heterocycles. The van der Waals surface area contributed by atoms with Crippen LogP contribution >= 0.6 is 0 Å². The largest absolute Gasteiger partial charge is 0.508 e. The molecule has 2 heteroatoms. The molecule has 108 valence electrons. The summed E-state index contributed by atoms with van der Waals surface area (Å²) < 4.78 is 0. The molecule has 0 radical (unpaired) electrons. The topological polar surface area (TPSA) is 40.5 Å². The fourth-order valence-electron chi connectivity index (χ4n) is 5.38. The third kappa shape index (κ3) is 1.67. The van der Waals surface area contributed by atoms with Crippen molar-refractivity contribution in [3.63, 3.8) is 0 Å². The zero-order valence-electron chi connectivity index (χ0n) is 12.2. The first-order valence-electron chi connectivity index (χ1n) is 8.08. The van der Waals surface area contributed by atoms with Crippen LogP contribution in [0.2, 0.25) is 0 Å². The molecule has 0 unspecified atom stereocenters. The Morgan fingerprint density at radius 3 is 2.90 bits per heavy atom. The maximum Gasteiger partial charge on any atom is 0.115 e. The molecular formula is C18H24O2. The summed E-state index contributed by atoms with van der Waals surface area (Å²) in [5.41, 5.74) is 2.99. The van der Waals surface area contributed by atoms with Crippen LogP contribution in [0, 0.1) is 17.3 Å². The highest BCUT2D eigenvalue weighted by Crippen LogP contribution is 2.59. The minimum Gasteiger partial charge on any atom is -0.508 e. The maximum absolute atomic E-state index is 10.4. The van der Waals surface area contributed by atoms with Crippen molar-refractivity contribution in [1.82, 2.24) is 0 Å². The van der Waals surface area contributed by atoms with Crippen LogP contribution in [0.1, 0.15) is 56.1 Å². The average molecular weight is 272 g/mol. The molecule has 0 amide bonds. The maximum atomic E-state index is 10.4. The first kappa shape index (κ1) is 12.7. The van der Waals surface area contributed by atoms with Crippen LogP contribution in [0.25, 0.3) is 0 Å². The molecule has 2 nitrogen and oxygen atoms in total. The summed E-state index contributed by atoms with van der Waals surface area (Å²) in [5.74, 6) is 2.46. The fraction of sp³-hybridized carbons (Fsp3) is 0.667. The number of aliphatic hydroxyl groups excluding tert-OH is 1. The van der Waals surface area contributed by atoms with E-state index >= 15 is 0 Å². The Kier molecular flexibility index (Phi) is 2.69. The van der Waals surface area contributed by atoms with E-state index in [-0.39, 0.29) is 11.5 Å². The Bertz CT molecular complexity index is 538. The molecule has 0 spiro atoms. The molecule has 2 N–H and O–H groups in total. The molecule has 0 aliphatic heterocycles. The molecule has 0 heterocycles. The molecule has 3 aliphatic carbocycles. The highest BCUT2D eigenvalue weighted by molar-refractivity contribution is 5.40. The van der Waals surface area contributed by atoms with Gasteiger partial charge in [-0.3, -0.25) is 0 Å². The number of hydrogen-bond donors (Lipinski definition) is 2. The van der Waals surface area contributed by atoms with Crippen molar-refractivity contribution >= 4 is 0 Å². The summed E-state index contributed by atoms with van der Waals surface area (Å²) in [6.07, 6.45) is 6.81. The SMILES string of the molecule is C[C@]12C[C@H]3CCc4cc(O)ccc4[C@@H]3C[C@@H]1CC[C@@H]2O. The quantitative estimate of drug-likeness (QED) is 0.757. The second-order valence-electron chi connectivity index (χ2n) is 7.52. The van der Waals surface area contributed by atoms with E-state index in [2.05, 4.69) is 13.0 Å². The molecule has 5 atom stereocenters. The molecule has 1 aromatic rings. The van der Waals surface area contributed by atoms with Crippen LogP contribution in [0.5, 0.6) is 5.75 Å². The van der Waals surface area contributed by atoms with E-state index in [1.807, 2.05) is 12.1 Å². The molecule has 0 bridgehead atoms. The number of fused-ring (bicyclic) bond motifs is 4. The third-order valence-electron chi connectivity index (χ3n) is 6.60. The van der Waals surface area contributed by atoms with Gasteiger partial charge in [-0.2, -0.15) is 0 Å². The highest BCUT2D eigenvalue weighted by atomic mass is 16.3. The Hall–Kier alpha value is -1.02. The van der Waals surface area contributed by atoms with E-state index in [1.54, 1.807) is 0 Å². The van der Waals surface area contributed by atoms with Gasteiger partial charge in [0.2, 0.25) is 0 Å². The van der Waals surface area contributed by atoms with E-state index in [4.69, 9.17) is 0 Å². The van der Waals surface area contributed by atoms with Crippen LogP contribution in [-0.2, 0) is 6.42 Å². The minimum absolute atomic E-state index is 0.0883. The van der Waals surface area contributed by atoms with Gasteiger partial charge in [-0.05, 0) is 85.0 Å². The Balaban J connectivity index is 1.69. The first-order valence-corrected chi connectivity index (χ1v) is 8.08. The van der Waals surface area contributed by atoms with Gasteiger partial charge < -0.3 is 10.2 Å². The van der Waals surface area contributed by atoms with Crippen LogP contribution in [-0.4, -0.2) is 16.3 Å². The number of aliphatic hydroxyl groups is 1. The molecular weight excluding hydrogens is 248 g/mol. The van der Waals surface area contributed by atoms with Crippen molar-refractivity contribution < 1.29 is 10.2 Å². The second kappa shape index (κ2) is 4.24. The van der Waals surface area contributed by atoms with E-state index < -0.39 is 0 Å². The lowest BCUT2D eigenvalue weighted by Gasteiger charge is -2.49. The van der Waals surface area contributed by atoms with Gasteiger partial charge in [0.1, 0.15) is 5.75 Å². The van der Waals surface area contributed by atoms with E-state index in [9.17, 15) is 10.2 Å². The summed E-state index contributed by atoms with van der Waals surface area (Å²) in [5, 5.41) is 20.0. The Morgan fingerprint density at radius 1 is 1.20 bits per heavy atom. The molecule has 1 aromatic carbocycles. The van der Waals surface area contributed by atoms with Gasteiger partial charge >= 0.3 is 0 Å². The Morgan fingerprint density at radius 2 is 2.05 bits per heavy atom. The monoisotopic (exact) mass is 272 g/mol. The molecule has 2 fully saturated rings. The third-order valence-corrected chi connectivity index (χ3v) is 6.60. The number of phenols is 1. The lowest BCUT2D eigenvalue weighted by molar-refractivity contribution is -0.0166. The fourth-order valence-corrected chi connectivity index (χ4v) is 5.38. The summed E-state index contributed by atoms with van der Waals surface area (Å²) in [4.78, 5) is 0. The van der Waals surface area contributed by atoms with Crippen LogP contribution < -0.4 is 0 Å². The van der Waals surface area contributed by atoms with Gasteiger partial charge in [-0.1, -0.05) is 13.0 Å². The van der Waals surface area contributed by atoms with Crippen molar-refractivity contribution in [2.24, 2.45) is 17.3 Å². The van der Waals surface area contributed by atoms with Crippen molar-refractivity contribution in [3.8, 4) is 5.75 Å².